The van der Waals surface area contributed by atoms with E-state index in [0.29, 0.717) is 11.3 Å². The maximum atomic E-state index is 13.6. The maximum absolute atomic E-state index is 13.6. The molecule has 2 rings (SSSR count). The highest BCUT2D eigenvalue weighted by Crippen LogP contribution is 2.32. The van der Waals surface area contributed by atoms with E-state index >= 15 is 0 Å². The van der Waals surface area contributed by atoms with Gasteiger partial charge in [0.05, 0.1) is 22.7 Å². The number of rotatable bonds is 4. The predicted octanol–water partition coefficient (Wildman–Crippen LogP) is 3.53. The molecular weight excluding hydrogens is 256 g/mol. The number of aliphatic hydroxyl groups excluding tert-OH is 1. The number of aliphatic hydroxyl groups is 1. The molecule has 0 aliphatic heterocycles. The molecule has 5 heteroatoms. The highest BCUT2D eigenvalue weighted by Gasteiger charge is 2.17. The molecule has 1 aromatic heterocycles. The molecule has 1 N–H and O–H groups in total. The van der Waals surface area contributed by atoms with Crippen LogP contribution in [0.3, 0.4) is 0 Å². The second kappa shape index (κ2) is 5.54. The van der Waals surface area contributed by atoms with Crippen molar-refractivity contribution in [1.29, 1.82) is 0 Å². The van der Waals surface area contributed by atoms with Crippen LogP contribution in [0.4, 0.5) is 8.78 Å². The second-order valence-corrected chi connectivity index (χ2v) is 4.98. The summed E-state index contributed by atoms with van der Waals surface area (Å²) >= 11 is 1.14. The molecular formula is C13H13F2NOS. The van der Waals surface area contributed by atoms with Gasteiger partial charge in [0.15, 0.2) is 0 Å². The standard InChI is InChI=1S/C13H13F2NOS/c1-2-4-10-11(7-17)18-13(16-10)12-8(14)5-3-6-9(12)15/h3,5-6,17H,2,4,7H2,1H3. The van der Waals surface area contributed by atoms with Crippen molar-refractivity contribution >= 4 is 11.3 Å². The zero-order valence-electron chi connectivity index (χ0n) is 9.91. The van der Waals surface area contributed by atoms with Gasteiger partial charge < -0.3 is 5.11 Å². The average Bonchev–Trinajstić information content (AvgIpc) is 2.72. The third-order valence-electron chi connectivity index (χ3n) is 2.59. The van der Waals surface area contributed by atoms with Crippen LogP contribution in [-0.4, -0.2) is 10.1 Å². The molecule has 2 aromatic rings. The fourth-order valence-corrected chi connectivity index (χ4v) is 2.76. The lowest BCUT2D eigenvalue weighted by Gasteiger charge is -1.99. The molecule has 0 saturated heterocycles. The van der Waals surface area contributed by atoms with Gasteiger partial charge in [0.25, 0.3) is 0 Å². The van der Waals surface area contributed by atoms with Crippen LogP contribution in [0.25, 0.3) is 10.6 Å². The van der Waals surface area contributed by atoms with Gasteiger partial charge in [0.1, 0.15) is 16.6 Å². The van der Waals surface area contributed by atoms with Crippen molar-refractivity contribution in [3.63, 3.8) is 0 Å². The van der Waals surface area contributed by atoms with E-state index in [1.807, 2.05) is 6.92 Å². The van der Waals surface area contributed by atoms with Gasteiger partial charge in [-0.25, -0.2) is 13.8 Å². The minimum atomic E-state index is -0.628. The number of aryl methyl sites for hydroxylation is 1. The Morgan fingerprint density at radius 3 is 2.50 bits per heavy atom. The summed E-state index contributed by atoms with van der Waals surface area (Å²) in [7, 11) is 0. The first-order valence-electron chi connectivity index (χ1n) is 5.71. The van der Waals surface area contributed by atoms with E-state index in [1.165, 1.54) is 18.2 Å². The number of aromatic nitrogens is 1. The maximum Gasteiger partial charge on any atom is 0.136 e. The van der Waals surface area contributed by atoms with Gasteiger partial charge in [0.2, 0.25) is 0 Å². The number of hydrogen-bond acceptors (Lipinski definition) is 3. The van der Waals surface area contributed by atoms with E-state index < -0.39 is 11.6 Å². The summed E-state index contributed by atoms with van der Waals surface area (Å²) in [4.78, 5) is 4.92. The van der Waals surface area contributed by atoms with Gasteiger partial charge >= 0.3 is 0 Å². The molecule has 0 amide bonds. The lowest BCUT2D eigenvalue weighted by molar-refractivity contribution is 0.284. The van der Waals surface area contributed by atoms with Crippen LogP contribution in [0.1, 0.15) is 23.9 Å². The largest absolute Gasteiger partial charge is 0.391 e. The van der Waals surface area contributed by atoms with Gasteiger partial charge in [-0.15, -0.1) is 11.3 Å². The van der Waals surface area contributed by atoms with Crippen LogP contribution in [0.2, 0.25) is 0 Å². The van der Waals surface area contributed by atoms with E-state index in [4.69, 9.17) is 0 Å². The van der Waals surface area contributed by atoms with Crippen molar-refractivity contribution in [2.24, 2.45) is 0 Å². The quantitative estimate of drug-likeness (QED) is 0.921. The molecule has 18 heavy (non-hydrogen) atoms. The van der Waals surface area contributed by atoms with Crippen LogP contribution < -0.4 is 0 Å². The zero-order valence-corrected chi connectivity index (χ0v) is 10.7. The summed E-state index contributed by atoms with van der Waals surface area (Å²) in [5, 5.41) is 9.52. The van der Waals surface area contributed by atoms with Crippen molar-refractivity contribution in [2.45, 2.75) is 26.4 Å². The molecule has 0 unspecified atom stereocenters. The fourth-order valence-electron chi connectivity index (χ4n) is 1.75. The molecule has 0 fully saturated rings. The molecule has 96 valence electrons. The Morgan fingerprint density at radius 1 is 1.28 bits per heavy atom. The summed E-state index contributed by atoms with van der Waals surface area (Å²) in [6.07, 6.45) is 1.57. The van der Waals surface area contributed by atoms with Crippen LogP contribution in [-0.2, 0) is 13.0 Å². The lowest BCUT2D eigenvalue weighted by atomic mass is 10.2. The summed E-state index contributed by atoms with van der Waals surface area (Å²) in [5.41, 5.74) is 0.613. The molecule has 0 aliphatic carbocycles. The van der Waals surface area contributed by atoms with Crippen LogP contribution in [0.5, 0.6) is 0 Å². The normalized spacial score (nSPS) is 10.9. The van der Waals surface area contributed by atoms with Crippen molar-refractivity contribution in [3.05, 3.63) is 40.4 Å². The molecule has 2 nitrogen and oxygen atoms in total. The summed E-state index contributed by atoms with van der Waals surface area (Å²) in [6, 6.07) is 3.73. The van der Waals surface area contributed by atoms with Gasteiger partial charge in [-0.05, 0) is 18.6 Å². The highest BCUT2D eigenvalue weighted by molar-refractivity contribution is 7.15. The number of nitrogens with zero attached hydrogens (tertiary/aromatic N) is 1. The van der Waals surface area contributed by atoms with E-state index in [9.17, 15) is 13.9 Å². The van der Waals surface area contributed by atoms with Crippen molar-refractivity contribution < 1.29 is 13.9 Å². The van der Waals surface area contributed by atoms with Crippen LogP contribution in [0, 0.1) is 11.6 Å². The van der Waals surface area contributed by atoms with Crippen molar-refractivity contribution in [3.8, 4) is 10.6 Å². The Hall–Kier alpha value is -1.33. The van der Waals surface area contributed by atoms with Crippen molar-refractivity contribution in [1.82, 2.24) is 4.98 Å². The van der Waals surface area contributed by atoms with Crippen molar-refractivity contribution in [2.75, 3.05) is 0 Å². The Bertz CT molecular complexity index is 534. The Balaban J connectivity index is 2.51. The SMILES string of the molecule is CCCc1nc(-c2c(F)cccc2F)sc1CO. The van der Waals surface area contributed by atoms with Crippen LogP contribution in [0.15, 0.2) is 18.2 Å². The highest BCUT2D eigenvalue weighted by atomic mass is 32.1. The first kappa shape index (κ1) is 13.1. The summed E-state index contributed by atoms with van der Waals surface area (Å²) < 4.78 is 27.3. The van der Waals surface area contributed by atoms with E-state index in [0.717, 1.165) is 23.5 Å². The number of hydrogen-bond donors (Lipinski definition) is 1. The number of benzene rings is 1. The second-order valence-electron chi connectivity index (χ2n) is 3.89. The van der Waals surface area contributed by atoms with E-state index in [-0.39, 0.29) is 17.2 Å². The third-order valence-corrected chi connectivity index (χ3v) is 3.69. The molecule has 0 atom stereocenters. The average molecular weight is 269 g/mol. The van der Waals surface area contributed by atoms with E-state index in [2.05, 4.69) is 4.98 Å². The number of halogens is 2. The minimum Gasteiger partial charge on any atom is -0.391 e. The summed E-state index contributed by atoms with van der Waals surface area (Å²) in [6.45, 7) is 1.84. The Morgan fingerprint density at radius 2 is 1.94 bits per heavy atom. The monoisotopic (exact) mass is 269 g/mol. The molecule has 1 heterocycles. The first-order chi connectivity index (χ1) is 8.67. The topological polar surface area (TPSA) is 33.1 Å². The summed E-state index contributed by atoms with van der Waals surface area (Å²) in [5.74, 6) is -1.26. The number of thiazole rings is 1. The molecule has 0 aliphatic rings. The van der Waals surface area contributed by atoms with Gasteiger partial charge in [0, 0.05) is 0 Å². The van der Waals surface area contributed by atoms with Gasteiger partial charge in [-0.2, -0.15) is 0 Å². The van der Waals surface area contributed by atoms with Gasteiger partial charge in [-0.3, -0.25) is 0 Å². The Kier molecular flexibility index (Phi) is 4.04. The lowest BCUT2D eigenvalue weighted by Crippen LogP contribution is -1.91. The first-order valence-corrected chi connectivity index (χ1v) is 6.52. The third kappa shape index (κ3) is 2.42. The molecule has 0 radical (unpaired) electrons. The van der Waals surface area contributed by atoms with Gasteiger partial charge in [-0.1, -0.05) is 19.4 Å². The molecule has 0 spiro atoms. The Labute approximate surface area is 108 Å². The fraction of sp³-hybridized carbons (Fsp3) is 0.308. The van der Waals surface area contributed by atoms with E-state index in [1.54, 1.807) is 0 Å². The molecule has 1 aromatic carbocycles. The minimum absolute atomic E-state index is 0.112. The zero-order chi connectivity index (χ0) is 13.1. The molecule has 0 bridgehead atoms. The predicted molar refractivity (Wildman–Crippen MR) is 67.4 cm³/mol. The smallest absolute Gasteiger partial charge is 0.136 e. The molecule has 0 saturated carbocycles. The van der Waals surface area contributed by atoms with Crippen LogP contribution >= 0.6 is 11.3 Å².